The molecule has 0 radical (unpaired) electrons. The van der Waals surface area contributed by atoms with E-state index in [4.69, 9.17) is 10.8 Å². The maximum atomic E-state index is 12.3. The van der Waals surface area contributed by atoms with E-state index in [-0.39, 0.29) is 11.6 Å². The third-order valence-corrected chi connectivity index (χ3v) is 4.88. The van der Waals surface area contributed by atoms with Crippen molar-refractivity contribution in [2.45, 2.75) is 19.4 Å². The lowest BCUT2D eigenvalue weighted by Gasteiger charge is -2.20. The lowest BCUT2D eigenvalue weighted by Crippen LogP contribution is -2.27. The SMILES string of the molecule is Cc1c(Br)c(N2CCC(N)C2)nc2[nH]cc(C(=O)O)c(=O)c12. The molecule has 8 heteroatoms. The average Bonchev–Trinajstić information content (AvgIpc) is 2.88. The minimum absolute atomic E-state index is 0.109. The third-order valence-electron chi connectivity index (χ3n) is 3.93. The van der Waals surface area contributed by atoms with Crippen LogP contribution in [0, 0.1) is 6.92 Å². The molecular formula is C14H15BrN4O3. The highest BCUT2D eigenvalue weighted by Gasteiger charge is 2.25. The summed E-state index contributed by atoms with van der Waals surface area (Å²) in [5.41, 5.74) is 6.16. The van der Waals surface area contributed by atoms with Gasteiger partial charge in [0.25, 0.3) is 0 Å². The smallest absolute Gasteiger partial charge is 0.341 e. The molecule has 1 saturated heterocycles. The number of carboxylic acids is 1. The van der Waals surface area contributed by atoms with Gasteiger partial charge in [0, 0.05) is 25.3 Å². The second kappa shape index (κ2) is 5.36. The minimum atomic E-state index is -1.26. The maximum Gasteiger partial charge on any atom is 0.341 e. The maximum absolute atomic E-state index is 12.3. The van der Waals surface area contributed by atoms with Crippen molar-refractivity contribution in [3.63, 3.8) is 0 Å². The number of anilines is 1. The molecule has 3 heterocycles. The van der Waals surface area contributed by atoms with Crippen LogP contribution < -0.4 is 16.1 Å². The van der Waals surface area contributed by atoms with Crippen LogP contribution in [0.5, 0.6) is 0 Å². The zero-order valence-electron chi connectivity index (χ0n) is 11.9. The molecule has 0 amide bonds. The number of fused-ring (bicyclic) bond motifs is 1. The highest BCUT2D eigenvalue weighted by Crippen LogP contribution is 2.32. The van der Waals surface area contributed by atoms with Crippen LogP contribution in [0.15, 0.2) is 15.5 Å². The van der Waals surface area contributed by atoms with Gasteiger partial charge in [0.2, 0.25) is 5.43 Å². The van der Waals surface area contributed by atoms with Crippen LogP contribution in [0.3, 0.4) is 0 Å². The highest BCUT2D eigenvalue weighted by molar-refractivity contribution is 9.10. The van der Waals surface area contributed by atoms with Gasteiger partial charge in [-0.15, -0.1) is 0 Å². The Balaban J connectivity index is 2.24. The van der Waals surface area contributed by atoms with E-state index in [1.807, 2.05) is 0 Å². The number of aromatic nitrogens is 2. The Morgan fingerprint density at radius 1 is 1.59 bits per heavy atom. The van der Waals surface area contributed by atoms with Gasteiger partial charge in [-0.3, -0.25) is 4.79 Å². The molecule has 1 unspecified atom stereocenters. The predicted molar refractivity (Wildman–Crippen MR) is 86.6 cm³/mol. The number of nitrogens with two attached hydrogens (primary N) is 1. The lowest BCUT2D eigenvalue weighted by molar-refractivity contribution is 0.0695. The Morgan fingerprint density at radius 2 is 2.32 bits per heavy atom. The van der Waals surface area contributed by atoms with Gasteiger partial charge >= 0.3 is 5.97 Å². The molecule has 0 bridgehead atoms. The standard InChI is InChI=1S/C14H15BrN4O3/c1-6-9-11(20)8(14(21)22)4-17-12(9)18-13(10(6)15)19-3-2-7(16)5-19/h4,7H,2-3,5,16H2,1H3,(H,21,22)(H,17,18,20). The van der Waals surface area contributed by atoms with Crippen molar-refractivity contribution >= 4 is 38.8 Å². The lowest BCUT2D eigenvalue weighted by atomic mass is 10.1. The van der Waals surface area contributed by atoms with Crippen molar-refractivity contribution in [1.29, 1.82) is 0 Å². The molecule has 4 N–H and O–H groups in total. The van der Waals surface area contributed by atoms with Crippen molar-refractivity contribution in [2.75, 3.05) is 18.0 Å². The van der Waals surface area contributed by atoms with Gasteiger partial charge in [0.1, 0.15) is 17.0 Å². The number of hydrogen-bond acceptors (Lipinski definition) is 5. The van der Waals surface area contributed by atoms with Crippen molar-refractivity contribution < 1.29 is 9.90 Å². The summed E-state index contributed by atoms with van der Waals surface area (Å²) < 4.78 is 0.696. The molecule has 116 valence electrons. The van der Waals surface area contributed by atoms with E-state index in [0.717, 1.165) is 18.8 Å². The number of carbonyl (C=O) groups is 1. The molecule has 1 aliphatic rings. The summed E-state index contributed by atoms with van der Waals surface area (Å²) in [7, 11) is 0. The van der Waals surface area contributed by atoms with Crippen LogP contribution in [0.4, 0.5) is 5.82 Å². The number of nitrogens with zero attached hydrogens (tertiary/aromatic N) is 2. The van der Waals surface area contributed by atoms with E-state index < -0.39 is 11.4 Å². The summed E-state index contributed by atoms with van der Waals surface area (Å²) in [6.07, 6.45) is 2.08. The van der Waals surface area contributed by atoms with Crippen molar-refractivity contribution in [3.8, 4) is 0 Å². The second-order valence-corrected chi connectivity index (χ2v) is 6.22. The van der Waals surface area contributed by atoms with Gasteiger partial charge in [-0.2, -0.15) is 0 Å². The summed E-state index contributed by atoms with van der Waals surface area (Å²) in [5, 5.41) is 9.36. The molecule has 1 fully saturated rings. The first-order chi connectivity index (χ1) is 10.4. The number of pyridine rings is 2. The van der Waals surface area contributed by atoms with Gasteiger partial charge in [0.05, 0.1) is 9.86 Å². The number of aryl methyl sites for hydroxylation is 1. The molecular weight excluding hydrogens is 352 g/mol. The van der Waals surface area contributed by atoms with E-state index in [2.05, 4.69) is 30.8 Å². The number of aromatic amines is 1. The van der Waals surface area contributed by atoms with Crippen LogP contribution in [0.1, 0.15) is 22.3 Å². The number of halogens is 1. The predicted octanol–water partition coefficient (Wildman–Crippen LogP) is 1.23. The first-order valence-electron chi connectivity index (χ1n) is 6.85. The van der Waals surface area contributed by atoms with Crippen LogP contribution in [0.25, 0.3) is 11.0 Å². The van der Waals surface area contributed by atoms with Gasteiger partial charge in [0.15, 0.2) is 0 Å². The topological polar surface area (TPSA) is 112 Å². The number of nitrogens with one attached hydrogen (secondary N) is 1. The summed E-state index contributed by atoms with van der Waals surface area (Å²) >= 11 is 3.48. The van der Waals surface area contributed by atoms with Gasteiger partial charge in [-0.1, -0.05) is 0 Å². The van der Waals surface area contributed by atoms with Crippen molar-refractivity contribution in [1.82, 2.24) is 9.97 Å². The molecule has 0 aromatic carbocycles. The number of H-pyrrole nitrogens is 1. The van der Waals surface area contributed by atoms with Gasteiger partial charge < -0.3 is 20.7 Å². The molecule has 0 saturated carbocycles. The van der Waals surface area contributed by atoms with E-state index in [0.29, 0.717) is 27.6 Å². The number of aromatic carboxylic acids is 1. The van der Waals surface area contributed by atoms with Crippen LogP contribution in [0.2, 0.25) is 0 Å². The molecule has 2 aromatic rings. The summed E-state index contributed by atoms with van der Waals surface area (Å²) in [6, 6.07) is 0.109. The van der Waals surface area contributed by atoms with Crippen LogP contribution in [-0.2, 0) is 0 Å². The Labute approximate surface area is 134 Å². The van der Waals surface area contributed by atoms with E-state index in [9.17, 15) is 9.59 Å². The summed E-state index contributed by atoms with van der Waals surface area (Å²) in [4.78, 5) is 32.8. The fourth-order valence-electron chi connectivity index (χ4n) is 2.74. The monoisotopic (exact) mass is 366 g/mol. The highest BCUT2D eigenvalue weighted by atomic mass is 79.9. The average molecular weight is 367 g/mol. The fraction of sp³-hybridized carbons (Fsp3) is 0.357. The Bertz CT molecular complexity index is 833. The van der Waals surface area contributed by atoms with Gasteiger partial charge in [-0.25, -0.2) is 9.78 Å². The second-order valence-electron chi connectivity index (χ2n) is 5.43. The zero-order valence-corrected chi connectivity index (χ0v) is 13.5. The van der Waals surface area contributed by atoms with E-state index in [1.165, 1.54) is 6.20 Å². The summed E-state index contributed by atoms with van der Waals surface area (Å²) in [6.45, 7) is 3.28. The normalized spacial score (nSPS) is 18.1. The van der Waals surface area contributed by atoms with E-state index >= 15 is 0 Å². The molecule has 3 rings (SSSR count). The first kappa shape index (κ1) is 15.0. The Kier molecular flexibility index (Phi) is 3.65. The molecule has 7 nitrogen and oxygen atoms in total. The zero-order chi connectivity index (χ0) is 16.0. The third kappa shape index (κ3) is 2.28. The van der Waals surface area contributed by atoms with E-state index in [1.54, 1.807) is 6.92 Å². The van der Waals surface area contributed by atoms with Crippen LogP contribution >= 0.6 is 15.9 Å². The quantitative estimate of drug-likeness (QED) is 0.736. The molecule has 0 spiro atoms. The Morgan fingerprint density at radius 3 is 2.91 bits per heavy atom. The molecule has 1 atom stereocenters. The van der Waals surface area contributed by atoms with Crippen LogP contribution in [-0.4, -0.2) is 40.2 Å². The van der Waals surface area contributed by atoms with Gasteiger partial charge in [-0.05, 0) is 34.8 Å². The largest absolute Gasteiger partial charge is 0.477 e. The fourth-order valence-corrected chi connectivity index (χ4v) is 3.27. The molecule has 1 aliphatic heterocycles. The first-order valence-corrected chi connectivity index (χ1v) is 7.64. The number of hydrogen-bond donors (Lipinski definition) is 3. The van der Waals surface area contributed by atoms with Crippen molar-refractivity contribution in [2.24, 2.45) is 5.73 Å². The number of rotatable bonds is 2. The minimum Gasteiger partial charge on any atom is -0.477 e. The molecule has 22 heavy (non-hydrogen) atoms. The molecule has 2 aromatic heterocycles. The summed E-state index contributed by atoms with van der Waals surface area (Å²) in [5.74, 6) is -0.537. The van der Waals surface area contributed by atoms with Crippen molar-refractivity contribution in [3.05, 3.63) is 32.0 Å². The number of carboxylic acid groups (broad SMARTS) is 1. The molecule has 0 aliphatic carbocycles. The Hall–Kier alpha value is -1.93.